The van der Waals surface area contributed by atoms with Crippen LogP contribution in [-0.2, 0) is 6.61 Å². The van der Waals surface area contributed by atoms with Gasteiger partial charge in [-0.25, -0.2) is 0 Å². The quantitative estimate of drug-likeness (QED) is 0.693. The maximum atomic E-state index is 8.86. The Morgan fingerprint density at radius 2 is 2.19 bits per heavy atom. The summed E-state index contributed by atoms with van der Waals surface area (Å²) in [4.78, 5) is 0. The summed E-state index contributed by atoms with van der Waals surface area (Å²) in [5.74, 6) is 1.31. The molecule has 0 fully saturated rings. The highest BCUT2D eigenvalue weighted by Crippen LogP contribution is 2.30. The summed E-state index contributed by atoms with van der Waals surface area (Å²) in [5.41, 5.74) is 2.82. The minimum Gasteiger partial charge on any atom is -0.489 e. The first-order valence-electron chi connectivity index (χ1n) is 6.40. The van der Waals surface area contributed by atoms with Gasteiger partial charge < -0.3 is 14.7 Å². The van der Waals surface area contributed by atoms with Crippen molar-refractivity contribution in [1.82, 2.24) is 0 Å². The summed E-state index contributed by atoms with van der Waals surface area (Å²) < 4.78 is 11.1. The lowest BCUT2D eigenvalue weighted by atomic mass is 10.1. The Hall–Kier alpha value is -3.00. The van der Waals surface area contributed by atoms with Gasteiger partial charge in [0.05, 0.1) is 11.6 Å². The fourth-order valence-electron chi connectivity index (χ4n) is 2.15. The van der Waals surface area contributed by atoms with Crippen molar-refractivity contribution in [2.75, 3.05) is 6.61 Å². The van der Waals surface area contributed by atoms with Gasteiger partial charge in [-0.05, 0) is 29.8 Å². The Labute approximate surface area is 121 Å². The highest BCUT2D eigenvalue weighted by atomic mass is 16.5. The second-order valence-corrected chi connectivity index (χ2v) is 4.59. The topological polar surface area (TPSA) is 74.8 Å². The van der Waals surface area contributed by atoms with Crippen molar-refractivity contribution in [3.8, 4) is 17.6 Å². The molecule has 0 spiro atoms. The van der Waals surface area contributed by atoms with E-state index in [9.17, 15) is 0 Å². The summed E-state index contributed by atoms with van der Waals surface area (Å²) in [6.07, 6.45) is 0. The van der Waals surface area contributed by atoms with Gasteiger partial charge in [-0.3, -0.25) is 0 Å². The van der Waals surface area contributed by atoms with Gasteiger partial charge in [-0.15, -0.1) is 0 Å². The normalized spacial score (nSPS) is 14.3. The molecule has 0 aromatic heterocycles. The van der Waals surface area contributed by atoms with Crippen LogP contribution in [0.4, 0.5) is 0 Å². The largest absolute Gasteiger partial charge is 0.489 e. The van der Waals surface area contributed by atoms with Gasteiger partial charge in [0, 0.05) is 11.6 Å². The van der Waals surface area contributed by atoms with Crippen LogP contribution in [0.1, 0.15) is 16.7 Å². The first kappa shape index (κ1) is 13.0. The van der Waals surface area contributed by atoms with E-state index in [0.29, 0.717) is 29.4 Å². The third-order valence-corrected chi connectivity index (χ3v) is 3.21. The van der Waals surface area contributed by atoms with Crippen LogP contribution in [0.25, 0.3) is 0 Å². The van der Waals surface area contributed by atoms with Crippen molar-refractivity contribution in [2.24, 2.45) is 5.16 Å². The average Bonchev–Trinajstić information content (AvgIpc) is 2.95. The van der Waals surface area contributed by atoms with Crippen LogP contribution in [-0.4, -0.2) is 17.5 Å². The van der Waals surface area contributed by atoms with E-state index < -0.39 is 0 Å². The van der Waals surface area contributed by atoms with Crippen LogP contribution in [0.15, 0.2) is 47.6 Å². The van der Waals surface area contributed by atoms with Crippen LogP contribution >= 0.6 is 0 Å². The third kappa shape index (κ3) is 2.65. The van der Waals surface area contributed by atoms with Crippen molar-refractivity contribution < 1.29 is 14.7 Å². The zero-order valence-corrected chi connectivity index (χ0v) is 11.1. The minimum absolute atomic E-state index is 0.263. The molecule has 0 radical (unpaired) electrons. The van der Waals surface area contributed by atoms with Crippen molar-refractivity contribution in [3.05, 3.63) is 59.2 Å². The molecule has 0 atom stereocenters. The lowest BCUT2D eigenvalue weighted by Gasteiger charge is -2.07. The summed E-state index contributed by atoms with van der Waals surface area (Å²) in [6.45, 7) is 0.634. The van der Waals surface area contributed by atoms with Gasteiger partial charge in [0.15, 0.2) is 0 Å². The maximum Gasteiger partial charge on any atom is 0.134 e. The van der Waals surface area contributed by atoms with Crippen molar-refractivity contribution in [2.45, 2.75) is 6.61 Å². The molecule has 0 aliphatic carbocycles. The Morgan fingerprint density at radius 3 is 3.00 bits per heavy atom. The molecule has 2 aromatic carbocycles. The minimum atomic E-state index is 0.263. The van der Waals surface area contributed by atoms with Gasteiger partial charge >= 0.3 is 0 Å². The Kier molecular flexibility index (Phi) is 3.44. The average molecular weight is 280 g/mol. The van der Waals surface area contributed by atoms with Gasteiger partial charge in [0.1, 0.15) is 30.4 Å². The van der Waals surface area contributed by atoms with Crippen LogP contribution < -0.4 is 9.47 Å². The Balaban J connectivity index is 1.73. The van der Waals surface area contributed by atoms with E-state index in [2.05, 4.69) is 11.2 Å². The van der Waals surface area contributed by atoms with Crippen LogP contribution in [0, 0.1) is 11.3 Å². The number of nitriles is 1. The molecule has 2 aromatic rings. The molecule has 1 aliphatic heterocycles. The van der Waals surface area contributed by atoms with Crippen LogP contribution in [0.2, 0.25) is 0 Å². The van der Waals surface area contributed by atoms with Gasteiger partial charge in [-0.1, -0.05) is 17.3 Å². The Morgan fingerprint density at radius 1 is 1.29 bits per heavy atom. The molecule has 1 heterocycles. The Bertz CT molecular complexity index is 747. The lowest BCUT2D eigenvalue weighted by Crippen LogP contribution is -2.01. The van der Waals surface area contributed by atoms with Crippen molar-refractivity contribution in [3.63, 3.8) is 0 Å². The summed E-state index contributed by atoms with van der Waals surface area (Å²) in [5, 5.41) is 20.9. The molecule has 0 amide bonds. The van der Waals surface area contributed by atoms with Crippen LogP contribution in [0.5, 0.6) is 11.5 Å². The second-order valence-electron chi connectivity index (χ2n) is 4.59. The van der Waals surface area contributed by atoms with Crippen molar-refractivity contribution in [1.29, 1.82) is 5.26 Å². The zero-order valence-electron chi connectivity index (χ0n) is 11.1. The molecular weight excluding hydrogens is 268 g/mol. The number of benzene rings is 2. The van der Waals surface area contributed by atoms with E-state index in [4.69, 9.17) is 19.9 Å². The summed E-state index contributed by atoms with van der Waals surface area (Å²) in [7, 11) is 0. The number of oxime groups is 1. The standard InChI is InChI=1S/C16H12N2O3/c17-8-11-2-1-3-12(6-11)9-20-13-4-5-14-15(18-19)10-21-16(14)7-13/h1-7,19H,9-10H2. The number of ether oxygens (including phenoxy) is 2. The summed E-state index contributed by atoms with van der Waals surface area (Å²) in [6, 6.07) is 14.7. The molecule has 0 saturated carbocycles. The van der Waals surface area contributed by atoms with Gasteiger partial charge in [0.2, 0.25) is 0 Å². The zero-order chi connectivity index (χ0) is 14.7. The van der Waals surface area contributed by atoms with E-state index in [-0.39, 0.29) is 6.61 Å². The number of fused-ring (bicyclic) bond motifs is 1. The first-order chi connectivity index (χ1) is 10.3. The molecule has 5 heteroatoms. The molecular formula is C16H12N2O3. The SMILES string of the molecule is N#Cc1cccc(COc2ccc3c(c2)OCC3=NO)c1. The molecule has 1 N–H and O–H groups in total. The first-order valence-corrected chi connectivity index (χ1v) is 6.40. The predicted molar refractivity (Wildman–Crippen MR) is 75.7 cm³/mol. The molecule has 21 heavy (non-hydrogen) atoms. The van der Waals surface area contributed by atoms with Crippen molar-refractivity contribution >= 4 is 5.71 Å². The van der Waals surface area contributed by atoms with E-state index in [1.165, 1.54) is 0 Å². The number of nitrogens with zero attached hydrogens (tertiary/aromatic N) is 2. The van der Waals surface area contributed by atoms with E-state index in [0.717, 1.165) is 11.1 Å². The number of rotatable bonds is 3. The fourth-order valence-corrected chi connectivity index (χ4v) is 2.15. The van der Waals surface area contributed by atoms with E-state index in [1.807, 2.05) is 12.1 Å². The monoisotopic (exact) mass is 280 g/mol. The lowest BCUT2D eigenvalue weighted by molar-refractivity contribution is 0.302. The van der Waals surface area contributed by atoms with Crippen LogP contribution in [0.3, 0.4) is 0 Å². The predicted octanol–water partition coefficient (Wildman–Crippen LogP) is 2.71. The molecule has 3 rings (SSSR count). The summed E-state index contributed by atoms with van der Waals surface area (Å²) >= 11 is 0. The molecule has 0 saturated heterocycles. The third-order valence-electron chi connectivity index (χ3n) is 3.21. The highest BCUT2D eigenvalue weighted by Gasteiger charge is 2.20. The van der Waals surface area contributed by atoms with E-state index in [1.54, 1.807) is 30.3 Å². The molecule has 0 bridgehead atoms. The van der Waals surface area contributed by atoms with E-state index >= 15 is 0 Å². The smallest absolute Gasteiger partial charge is 0.134 e. The second kappa shape index (κ2) is 5.55. The molecule has 104 valence electrons. The number of hydrogen-bond donors (Lipinski definition) is 1. The van der Waals surface area contributed by atoms with Gasteiger partial charge in [0.25, 0.3) is 0 Å². The molecule has 5 nitrogen and oxygen atoms in total. The maximum absolute atomic E-state index is 8.86. The highest BCUT2D eigenvalue weighted by molar-refractivity contribution is 6.06. The van der Waals surface area contributed by atoms with Gasteiger partial charge in [-0.2, -0.15) is 5.26 Å². The number of hydrogen-bond acceptors (Lipinski definition) is 5. The fraction of sp³-hybridized carbons (Fsp3) is 0.125. The molecule has 1 aliphatic rings. The molecule has 0 unspecified atom stereocenters.